The van der Waals surface area contributed by atoms with Crippen molar-refractivity contribution in [3.05, 3.63) is 22.5 Å². The second-order valence-electron chi connectivity index (χ2n) is 6.10. The van der Waals surface area contributed by atoms with Crippen molar-refractivity contribution in [2.75, 3.05) is 13.6 Å². The Labute approximate surface area is 137 Å². The number of aliphatic hydroxyl groups is 1. The van der Waals surface area contributed by atoms with Crippen LogP contribution in [0.1, 0.15) is 38.4 Å². The Bertz CT molecular complexity index is 536. The van der Waals surface area contributed by atoms with Crippen LogP contribution in [0.15, 0.2) is 6.08 Å². The Morgan fingerprint density at radius 3 is 2.64 bits per heavy atom. The van der Waals surface area contributed by atoms with Crippen LogP contribution in [0.25, 0.3) is 6.08 Å². The van der Waals surface area contributed by atoms with Gasteiger partial charge in [-0.15, -0.1) is 0 Å². The molecule has 0 aromatic carbocycles. The number of carbonyl (C=O) groups excluding carboxylic acids is 1. The Kier molecular flexibility index (Phi) is 7.10. The molecule has 1 rings (SSSR count). The van der Waals surface area contributed by atoms with Gasteiger partial charge in [-0.2, -0.15) is 5.10 Å². The van der Waals surface area contributed by atoms with Crippen LogP contribution in [0, 0.1) is 12.8 Å². The summed E-state index contributed by atoms with van der Waals surface area (Å²) in [6, 6.07) is 0. The van der Waals surface area contributed by atoms with Crippen molar-refractivity contribution in [3.63, 3.8) is 0 Å². The molecule has 0 saturated heterocycles. The molecule has 0 spiro atoms. The number of aryl methyl sites for hydroxylation is 1. The lowest BCUT2D eigenvalue weighted by atomic mass is 10.2. The quantitative estimate of drug-likeness (QED) is 0.783. The number of halogens is 1. The first kappa shape index (κ1) is 18.7. The van der Waals surface area contributed by atoms with Gasteiger partial charge in [-0.3, -0.25) is 9.48 Å². The highest BCUT2D eigenvalue weighted by molar-refractivity contribution is 6.31. The maximum absolute atomic E-state index is 12.0. The molecule has 0 radical (unpaired) electrons. The number of carbonyl (C=O) groups is 1. The number of amides is 1. The summed E-state index contributed by atoms with van der Waals surface area (Å²) in [5, 5.41) is 14.2. The summed E-state index contributed by atoms with van der Waals surface area (Å²) in [7, 11) is 1.71. The number of hydrogen-bond acceptors (Lipinski definition) is 3. The molecular formula is C16H26ClN3O2. The lowest BCUT2D eigenvalue weighted by Gasteiger charge is -2.15. The van der Waals surface area contributed by atoms with Crippen LogP contribution in [0.2, 0.25) is 5.15 Å². The molecule has 1 atom stereocenters. The van der Waals surface area contributed by atoms with E-state index in [2.05, 4.69) is 18.9 Å². The lowest BCUT2D eigenvalue weighted by Crippen LogP contribution is -2.27. The van der Waals surface area contributed by atoms with Crippen LogP contribution in [-0.4, -0.2) is 45.4 Å². The van der Waals surface area contributed by atoms with Gasteiger partial charge in [0.25, 0.3) is 0 Å². The van der Waals surface area contributed by atoms with Crippen LogP contribution in [0.4, 0.5) is 0 Å². The molecule has 1 N–H and O–H groups in total. The van der Waals surface area contributed by atoms with Gasteiger partial charge in [0.05, 0.1) is 11.8 Å². The average molecular weight is 328 g/mol. The van der Waals surface area contributed by atoms with E-state index in [1.807, 2.05) is 6.92 Å². The average Bonchev–Trinajstić information content (AvgIpc) is 2.67. The largest absolute Gasteiger partial charge is 0.393 e. The molecule has 6 heteroatoms. The number of aromatic nitrogens is 2. The molecule has 1 aromatic rings. The number of likely N-dealkylation sites (N-methyl/N-ethyl adjacent to an activating group) is 1. The third-order valence-electron chi connectivity index (χ3n) is 3.30. The number of nitrogens with zero attached hydrogens (tertiary/aromatic N) is 3. The van der Waals surface area contributed by atoms with Crippen molar-refractivity contribution in [1.29, 1.82) is 0 Å². The van der Waals surface area contributed by atoms with Crippen LogP contribution < -0.4 is 0 Å². The van der Waals surface area contributed by atoms with Crippen LogP contribution >= 0.6 is 11.6 Å². The van der Waals surface area contributed by atoms with E-state index < -0.39 is 6.10 Å². The fraction of sp³-hybridized carbons (Fsp3) is 0.625. The fourth-order valence-electron chi connectivity index (χ4n) is 2.00. The monoisotopic (exact) mass is 327 g/mol. The molecule has 0 bridgehead atoms. The summed E-state index contributed by atoms with van der Waals surface area (Å²) in [5.41, 5.74) is 1.58. The zero-order valence-corrected chi connectivity index (χ0v) is 14.8. The summed E-state index contributed by atoms with van der Waals surface area (Å²) >= 11 is 6.33. The Morgan fingerprint density at radius 2 is 2.09 bits per heavy atom. The van der Waals surface area contributed by atoms with E-state index in [-0.39, 0.29) is 5.91 Å². The first-order valence-corrected chi connectivity index (χ1v) is 7.94. The SMILES string of the molecule is Cc1nn(CC(C)C)c(Cl)c1C=CC(=O)N(C)CCC(C)O. The number of aliphatic hydroxyl groups excluding tert-OH is 1. The maximum atomic E-state index is 12.0. The second kappa shape index (κ2) is 8.34. The minimum Gasteiger partial charge on any atom is -0.393 e. The fourth-order valence-corrected chi connectivity index (χ4v) is 2.30. The van der Waals surface area contributed by atoms with Crippen molar-refractivity contribution < 1.29 is 9.90 Å². The summed E-state index contributed by atoms with van der Waals surface area (Å²) in [6.45, 7) is 9.05. The minimum atomic E-state index is -0.412. The minimum absolute atomic E-state index is 0.118. The zero-order chi connectivity index (χ0) is 16.9. The van der Waals surface area contributed by atoms with Crippen LogP contribution in [-0.2, 0) is 11.3 Å². The standard InChI is InChI=1S/C16H26ClN3O2/c1-11(2)10-20-16(17)14(13(4)18-20)6-7-15(22)19(5)9-8-12(3)21/h6-7,11-12,21H,8-10H2,1-5H3. The molecule has 1 aromatic heterocycles. The highest BCUT2D eigenvalue weighted by Gasteiger charge is 2.13. The topological polar surface area (TPSA) is 58.4 Å². The summed E-state index contributed by atoms with van der Waals surface area (Å²) in [4.78, 5) is 13.6. The van der Waals surface area contributed by atoms with E-state index in [4.69, 9.17) is 11.6 Å². The van der Waals surface area contributed by atoms with Gasteiger partial charge in [-0.05, 0) is 32.3 Å². The Hall–Kier alpha value is -1.33. The smallest absolute Gasteiger partial charge is 0.246 e. The third kappa shape index (κ3) is 5.46. The van der Waals surface area contributed by atoms with Crippen LogP contribution in [0.3, 0.4) is 0 Å². The van der Waals surface area contributed by atoms with Crippen molar-refractivity contribution in [1.82, 2.24) is 14.7 Å². The molecule has 1 amide bonds. The van der Waals surface area contributed by atoms with Crippen molar-refractivity contribution in [3.8, 4) is 0 Å². The second-order valence-corrected chi connectivity index (χ2v) is 6.45. The van der Waals surface area contributed by atoms with Gasteiger partial charge in [0, 0.05) is 31.8 Å². The Morgan fingerprint density at radius 1 is 1.45 bits per heavy atom. The highest BCUT2D eigenvalue weighted by atomic mass is 35.5. The van der Waals surface area contributed by atoms with Gasteiger partial charge in [0.15, 0.2) is 0 Å². The molecule has 0 fully saturated rings. The van der Waals surface area contributed by atoms with Crippen molar-refractivity contribution >= 4 is 23.6 Å². The van der Waals surface area contributed by atoms with E-state index >= 15 is 0 Å². The van der Waals surface area contributed by atoms with Gasteiger partial charge >= 0.3 is 0 Å². The predicted octanol–water partition coefficient (Wildman–Crippen LogP) is 2.74. The van der Waals surface area contributed by atoms with Crippen LogP contribution in [0.5, 0.6) is 0 Å². The molecule has 22 heavy (non-hydrogen) atoms. The first-order chi connectivity index (χ1) is 10.2. The summed E-state index contributed by atoms with van der Waals surface area (Å²) < 4.78 is 1.77. The summed E-state index contributed by atoms with van der Waals surface area (Å²) in [5.74, 6) is 0.328. The van der Waals surface area contributed by atoms with Gasteiger partial charge < -0.3 is 10.0 Å². The first-order valence-electron chi connectivity index (χ1n) is 7.56. The molecule has 0 aliphatic carbocycles. The van der Waals surface area contributed by atoms with Gasteiger partial charge in [-0.1, -0.05) is 25.4 Å². The molecule has 1 heterocycles. The molecule has 5 nitrogen and oxygen atoms in total. The van der Waals surface area contributed by atoms with Crippen molar-refractivity contribution in [2.45, 2.75) is 46.8 Å². The van der Waals surface area contributed by atoms with E-state index in [1.54, 1.807) is 29.6 Å². The molecular weight excluding hydrogens is 302 g/mol. The van der Waals surface area contributed by atoms with E-state index in [0.29, 0.717) is 24.0 Å². The normalized spacial score (nSPS) is 13.1. The molecule has 0 aliphatic heterocycles. The maximum Gasteiger partial charge on any atom is 0.246 e. The Balaban J connectivity index is 2.77. The molecule has 0 aliphatic rings. The van der Waals surface area contributed by atoms with Gasteiger partial charge in [0.2, 0.25) is 5.91 Å². The molecule has 1 unspecified atom stereocenters. The summed E-state index contributed by atoms with van der Waals surface area (Å²) in [6.07, 6.45) is 3.35. The lowest BCUT2D eigenvalue weighted by molar-refractivity contribution is -0.124. The predicted molar refractivity (Wildman–Crippen MR) is 89.8 cm³/mol. The number of rotatable bonds is 7. The van der Waals surface area contributed by atoms with Gasteiger partial charge in [0.1, 0.15) is 5.15 Å². The zero-order valence-electron chi connectivity index (χ0n) is 14.0. The van der Waals surface area contributed by atoms with E-state index in [0.717, 1.165) is 17.8 Å². The van der Waals surface area contributed by atoms with E-state index in [9.17, 15) is 9.90 Å². The van der Waals surface area contributed by atoms with E-state index in [1.165, 1.54) is 6.08 Å². The molecule has 0 saturated carbocycles. The third-order valence-corrected chi connectivity index (χ3v) is 3.70. The molecule has 124 valence electrons. The highest BCUT2D eigenvalue weighted by Crippen LogP contribution is 2.22. The number of hydrogen-bond donors (Lipinski definition) is 1. The van der Waals surface area contributed by atoms with Gasteiger partial charge in [-0.25, -0.2) is 0 Å². The van der Waals surface area contributed by atoms with Crippen molar-refractivity contribution in [2.24, 2.45) is 5.92 Å².